The summed E-state index contributed by atoms with van der Waals surface area (Å²) in [6.45, 7) is 5.63. The maximum atomic E-state index is 12.7. The number of piperazine rings is 1. The van der Waals surface area contributed by atoms with E-state index in [-0.39, 0.29) is 0 Å². The molecule has 2 aromatic heterocycles. The van der Waals surface area contributed by atoms with Gasteiger partial charge in [-0.2, -0.15) is 13.2 Å². The molecule has 2 aromatic rings. The number of halogens is 3. The molecule has 1 aliphatic heterocycles. The molecule has 0 amide bonds. The SMILES string of the molecule is Cc1cc(N2CCN(Cc3nc(C(F)(F)F)cs3)CC2)nc(C2CC2)n1. The Bertz CT molecular complexity index is 779. The Morgan fingerprint density at radius 2 is 1.85 bits per heavy atom. The molecule has 0 unspecified atom stereocenters. The lowest BCUT2D eigenvalue weighted by Gasteiger charge is -2.35. The number of thiazole rings is 1. The van der Waals surface area contributed by atoms with Gasteiger partial charge >= 0.3 is 6.18 Å². The van der Waals surface area contributed by atoms with Gasteiger partial charge in [0.1, 0.15) is 16.6 Å². The Kier molecular flexibility index (Phi) is 4.60. The molecule has 0 N–H and O–H groups in total. The molecular formula is C17H20F3N5S. The molecule has 2 fully saturated rings. The predicted molar refractivity (Wildman–Crippen MR) is 93.4 cm³/mol. The first-order chi connectivity index (χ1) is 12.4. The van der Waals surface area contributed by atoms with Gasteiger partial charge in [0, 0.05) is 49.2 Å². The molecule has 3 heterocycles. The van der Waals surface area contributed by atoms with E-state index in [1.165, 1.54) is 12.8 Å². The van der Waals surface area contributed by atoms with E-state index in [9.17, 15) is 13.2 Å². The van der Waals surface area contributed by atoms with Crippen molar-refractivity contribution in [2.45, 2.75) is 38.4 Å². The molecule has 1 saturated heterocycles. The Balaban J connectivity index is 1.36. The zero-order chi connectivity index (χ0) is 18.3. The predicted octanol–water partition coefficient (Wildman–Crippen LogP) is 3.46. The standard InChI is InChI=1S/C17H20F3N5S/c1-11-8-14(23-16(21-11)12-2-3-12)25-6-4-24(5-7-25)9-15-22-13(10-26-15)17(18,19)20/h8,10,12H,2-7,9H2,1H3. The third kappa shape index (κ3) is 3.98. The number of rotatable bonds is 4. The summed E-state index contributed by atoms with van der Waals surface area (Å²) in [4.78, 5) is 17.4. The Hall–Kier alpha value is -1.74. The molecule has 4 rings (SSSR count). The van der Waals surface area contributed by atoms with E-state index < -0.39 is 11.9 Å². The van der Waals surface area contributed by atoms with Gasteiger partial charge in [-0.1, -0.05) is 0 Å². The molecule has 0 bridgehead atoms. The van der Waals surface area contributed by atoms with E-state index in [2.05, 4.69) is 19.8 Å². The Morgan fingerprint density at radius 3 is 2.46 bits per heavy atom. The van der Waals surface area contributed by atoms with Gasteiger partial charge in [0.25, 0.3) is 0 Å². The van der Waals surface area contributed by atoms with Crippen LogP contribution in [-0.2, 0) is 12.7 Å². The third-order valence-electron chi connectivity index (χ3n) is 4.70. The fourth-order valence-electron chi connectivity index (χ4n) is 3.10. The quantitative estimate of drug-likeness (QED) is 0.809. The van der Waals surface area contributed by atoms with Crippen molar-refractivity contribution in [2.24, 2.45) is 0 Å². The van der Waals surface area contributed by atoms with Crippen molar-refractivity contribution in [3.8, 4) is 0 Å². The summed E-state index contributed by atoms with van der Waals surface area (Å²) in [5, 5.41) is 1.61. The van der Waals surface area contributed by atoms with Crippen molar-refractivity contribution >= 4 is 17.2 Å². The highest BCUT2D eigenvalue weighted by molar-refractivity contribution is 7.09. The number of aryl methyl sites for hydroxylation is 1. The zero-order valence-corrected chi connectivity index (χ0v) is 15.3. The molecule has 2 aliphatic rings. The van der Waals surface area contributed by atoms with Crippen LogP contribution >= 0.6 is 11.3 Å². The average Bonchev–Trinajstić information content (AvgIpc) is 3.33. The lowest BCUT2D eigenvalue weighted by molar-refractivity contribution is -0.140. The molecule has 1 saturated carbocycles. The van der Waals surface area contributed by atoms with E-state index >= 15 is 0 Å². The minimum Gasteiger partial charge on any atom is -0.354 e. The van der Waals surface area contributed by atoms with Crippen LogP contribution in [0.1, 0.15) is 41.0 Å². The van der Waals surface area contributed by atoms with Gasteiger partial charge in [-0.25, -0.2) is 15.0 Å². The van der Waals surface area contributed by atoms with Gasteiger partial charge in [-0.3, -0.25) is 4.90 Å². The summed E-state index contributed by atoms with van der Waals surface area (Å²) in [5.74, 6) is 2.43. The van der Waals surface area contributed by atoms with E-state index in [0.29, 0.717) is 17.5 Å². The molecule has 26 heavy (non-hydrogen) atoms. The molecule has 9 heteroatoms. The number of alkyl halides is 3. The fourth-order valence-corrected chi connectivity index (χ4v) is 3.94. The molecule has 0 aromatic carbocycles. The molecule has 5 nitrogen and oxygen atoms in total. The van der Waals surface area contributed by atoms with E-state index in [0.717, 1.165) is 60.2 Å². The van der Waals surface area contributed by atoms with Crippen LogP contribution in [0.3, 0.4) is 0 Å². The lowest BCUT2D eigenvalue weighted by atomic mass is 10.3. The van der Waals surface area contributed by atoms with Crippen LogP contribution in [0.2, 0.25) is 0 Å². The number of aromatic nitrogens is 3. The average molecular weight is 383 g/mol. The maximum absolute atomic E-state index is 12.7. The van der Waals surface area contributed by atoms with Crippen LogP contribution in [0.25, 0.3) is 0 Å². The van der Waals surface area contributed by atoms with Crippen LogP contribution in [-0.4, -0.2) is 46.0 Å². The van der Waals surface area contributed by atoms with E-state index in [1.807, 2.05) is 13.0 Å². The van der Waals surface area contributed by atoms with Crippen molar-refractivity contribution in [3.05, 3.63) is 33.7 Å². The highest BCUT2D eigenvalue weighted by Gasteiger charge is 2.34. The summed E-state index contributed by atoms with van der Waals surface area (Å²) in [5.41, 5.74) is 0.196. The van der Waals surface area contributed by atoms with E-state index in [4.69, 9.17) is 4.98 Å². The van der Waals surface area contributed by atoms with Crippen LogP contribution < -0.4 is 4.90 Å². The van der Waals surface area contributed by atoms with Crippen LogP contribution in [0.5, 0.6) is 0 Å². The van der Waals surface area contributed by atoms with Gasteiger partial charge in [-0.05, 0) is 19.8 Å². The van der Waals surface area contributed by atoms with Gasteiger partial charge in [-0.15, -0.1) is 11.3 Å². The first kappa shape index (κ1) is 17.7. The topological polar surface area (TPSA) is 45.2 Å². The monoisotopic (exact) mass is 383 g/mol. The fraction of sp³-hybridized carbons (Fsp3) is 0.588. The van der Waals surface area contributed by atoms with Crippen LogP contribution in [0.4, 0.5) is 19.0 Å². The van der Waals surface area contributed by atoms with Gasteiger partial charge in [0.2, 0.25) is 0 Å². The number of hydrogen-bond acceptors (Lipinski definition) is 6. The second kappa shape index (κ2) is 6.77. The normalized spacial score (nSPS) is 19.2. The Morgan fingerprint density at radius 1 is 1.12 bits per heavy atom. The summed E-state index contributed by atoms with van der Waals surface area (Å²) in [7, 11) is 0. The first-order valence-corrected chi connectivity index (χ1v) is 9.61. The van der Waals surface area contributed by atoms with Crippen molar-refractivity contribution in [1.29, 1.82) is 0 Å². The molecular weight excluding hydrogens is 363 g/mol. The van der Waals surface area contributed by atoms with Crippen molar-refractivity contribution < 1.29 is 13.2 Å². The van der Waals surface area contributed by atoms with Crippen LogP contribution in [0, 0.1) is 6.92 Å². The summed E-state index contributed by atoms with van der Waals surface area (Å²) >= 11 is 1.07. The highest BCUT2D eigenvalue weighted by Crippen LogP contribution is 2.38. The second-order valence-electron chi connectivity index (χ2n) is 6.89. The molecule has 1 aliphatic carbocycles. The number of nitrogens with zero attached hydrogens (tertiary/aromatic N) is 5. The largest absolute Gasteiger partial charge is 0.434 e. The van der Waals surface area contributed by atoms with Gasteiger partial charge < -0.3 is 4.90 Å². The number of anilines is 1. The third-order valence-corrected chi connectivity index (χ3v) is 5.53. The minimum atomic E-state index is -4.36. The highest BCUT2D eigenvalue weighted by atomic mass is 32.1. The first-order valence-electron chi connectivity index (χ1n) is 8.73. The van der Waals surface area contributed by atoms with Gasteiger partial charge in [0.05, 0.1) is 6.54 Å². The maximum Gasteiger partial charge on any atom is 0.434 e. The van der Waals surface area contributed by atoms with E-state index in [1.54, 1.807) is 0 Å². The smallest absolute Gasteiger partial charge is 0.354 e. The lowest BCUT2D eigenvalue weighted by Crippen LogP contribution is -2.46. The minimum absolute atomic E-state index is 0.463. The molecule has 140 valence electrons. The number of hydrogen-bond donors (Lipinski definition) is 0. The molecule has 0 atom stereocenters. The van der Waals surface area contributed by atoms with Crippen molar-refractivity contribution in [1.82, 2.24) is 19.9 Å². The van der Waals surface area contributed by atoms with Crippen LogP contribution in [0.15, 0.2) is 11.4 Å². The Labute approximate surface area is 153 Å². The summed E-state index contributed by atoms with van der Waals surface area (Å²) in [6.07, 6.45) is -2.02. The van der Waals surface area contributed by atoms with Crippen molar-refractivity contribution in [2.75, 3.05) is 31.1 Å². The summed E-state index contributed by atoms with van der Waals surface area (Å²) in [6, 6.07) is 2.01. The summed E-state index contributed by atoms with van der Waals surface area (Å²) < 4.78 is 38.0. The van der Waals surface area contributed by atoms with Crippen molar-refractivity contribution in [3.63, 3.8) is 0 Å². The second-order valence-corrected chi connectivity index (χ2v) is 7.83. The molecule has 0 spiro atoms. The molecule has 0 radical (unpaired) electrons. The van der Waals surface area contributed by atoms with Gasteiger partial charge in [0.15, 0.2) is 5.69 Å². The zero-order valence-electron chi connectivity index (χ0n) is 14.5.